The first-order valence-corrected chi connectivity index (χ1v) is 7.80. The molecule has 0 saturated heterocycles. The summed E-state index contributed by atoms with van der Waals surface area (Å²) in [5.41, 5.74) is 0. The lowest BCUT2D eigenvalue weighted by Crippen LogP contribution is -2.20. The second-order valence-electron chi connectivity index (χ2n) is 4.58. The smallest absolute Gasteiger partial charge is 0.330 e. The van der Waals surface area contributed by atoms with Gasteiger partial charge in [-0.3, -0.25) is 14.4 Å². The molecule has 9 heteroatoms. The Morgan fingerprint density at radius 3 is 2.00 bits per heavy atom. The van der Waals surface area contributed by atoms with Gasteiger partial charge in [-0.05, 0) is 13.8 Å². The molecule has 0 heterocycles. The molecular formula is C16H24O9. The first kappa shape index (κ1) is 22.6. The van der Waals surface area contributed by atoms with E-state index < -0.39 is 30.2 Å². The molecule has 0 N–H and O–H groups in total. The van der Waals surface area contributed by atoms with Gasteiger partial charge in [-0.15, -0.1) is 0 Å². The van der Waals surface area contributed by atoms with Gasteiger partial charge in [0.1, 0.15) is 19.8 Å². The predicted molar refractivity (Wildman–Crippen MR) is 84.1 cm³/mol. The van der Waals surface area contributed by atoms with Crippen molar-refractivity contribution in [1.29, 1.82) is 0 Å². The third kappa shape index (κ3) is 13.7. The summed E-state index contributed by atoms with van der Waals surface area (Å²) in [6.45, 7) is 6.62. The zero-order valence-corrected chi connectivity index (χ0v) is 14.5. The zero-order valence-electron chi connectivity index (χ0n) is 14.5. The van der Waals surface area contributed by atoms with Crippen molar-refractivity contribution in [2.75, 3.05) is 26.4 Å². The lowest BCUT2D eigenvalue weighted by molar-refractivity contribution is -0.175. The minimum atomic E-state index is -0.659. The molecule has 0 saturated carbocycles. The van der Waals surface area contributed by atoms with Gasteiger partial charge in [0.15, 0.2) is 6.29 Å². The number of hydrogen-bond acceptors (Lipinski definition) is 9. The molecule has 0 aromatic carbocycles. The summed E-state index contributed by atoms with van der Waals surface area (Å²) in [6, 6.07) is 0. The molecule has 1 atom stereocenters. The van der Waals surface area contributed by atoms with E-state index >= 15 is 0 Å². The number of esters is 4. The van der Waals surface area contributed by atoms with Crippen LogP contribution in [0, 0.1) is 0 Å². The Balaban J connectivity index is 3.69. The van der Waals surface area contributed by atoms with Crippen LogP contribution in [0.25, 0.3) is 0 Å². The van der Waals surface area contributed by atoms with E-state index in [0.29, 0.717) is 6.61 Å². The summed E-state index contributed by atoms with van der Waals surface area (Å²) < 4.78 is 24.1. The van der Waals surface area contributed by atoms with E-state index in [4.69, 9.17) is 18.9 Å². The summed E-state index contributed by atoms with van der Waals surface area (Å²) in [5, 5.41) is 0. The van der Waals surface area contributed by atoms with E-state index in [1.807, 2.05) is 0 Å². The molecule has 0 aliphatic rings. The molecule has 0 rings (SSSR count). The molecule has 0 spiro atoms. The number of carbonyl (C=O) groups is 4. The Bertz CT molecular complexity index is 459. The van der Waals surface area contributed by atoms with E-state index in [2.05, 4.69) is 11.3 Å². The third-order valence-corrected chi connectivity index (χ3v) is 2.56. The van der Waals surface area contributed by atoms with E-state index in [1.54, 1.807) is 13.8 Å². The van der Waals surface area contributed by atoms with E-state index in [1.165, 1.54) is 0 Å². The molecule has 0 radical (unpaired) electrons. The largest absolute Gasteiger partial charge is 0.465 e. The minimum Gasteiger partial charge on any atom is -0.465 e. The monoisotopic (exact) mass is 360 g/mol. The Morgan fingerprint density at radius 2 is 1.44 bits per heavy atom. The molecule has 0 amide bonds. The summed E-state index contributed by atoms with van der Waals surface area (Å²) in [6.07, 6.45) is -0.142. The number of carbonyl (C=O) groups excluding carboxylic acids is 4. The number of hydrogen-bond donors (Lipinski definition) is 0. The highest BCUT2D eigenvalue weighted by Crippen LogP contribution is 2.00. The van der Waals surface area contributed by atoms with Crippen molar-refractivity contribution < 1.29 is 42.9 Å². The van der Waals surface area contributed by atoms with E-state index in [0.717, 1.165) is 6.08 Å². The molecule has 0 aromatic rings. The SMILES string of the molecule is C=CC(=O)OCCOC(=O)CCC(=O)OCCC(=O)OC(C)OCC. The highest BCUT2D eigenvalue weighted by atomic mass is 16.7. The molecular weight excluding hydrogens is 336 g/mol. The highest BCUT2D eigenvalue weighted by molar-refractivity contribution is 5.81. The molecule has 0 aromatic heterocycles. The number of rotatable bonds is 13. The van der Waals surface area contributed by atoms with Crippen molar-refractivity contribution in [1.82, 2.24) is 0 Å². The van der Waals surface area contributed by atoms with Crippen LogP contribution in [0.15, 0.2) is 12.7 Å². The summed E-state index contributed by atoms with van der Waals surface area (Å²) >= 11 is 0. The molecule has 142 valence electrons. The van der Waals surface area contributed by atoms with Gasteiger partial charge in [0.05, 0.1) is 19.3 Å². The van der Waals surface area contributed by atoms with Crippen molar-refractivity contribution >= 4 is 23.9 Å². The maximum atomic E-state index is 11.4. The van der Waals surface area contributed by atoms with Crippen LogP contribution < -0.4 is 0 Å². The van der Waals surface area contributed by atoms with Crippen molar-refractivity contribution in [2.24, 2.45) is 0 Å². The molecule has 9 nitrogen and oxygen atoms in total. The second kappa shape index (κ2) is 14.0. The van der Waals surface area contributed by atoms with Crippen LogP contribution in [0.2, 0.25) is 0 Å². The number of ether oxygens (including phenoxy) is 5. The quantitative estimate of drug-likeness (QED) is 0.155. The maximum absolute atomic E-state index is 11.4. The molecule has 0 bridgehead atoms. The van der Waals surface area contributed by atoms with Gasteiger partial charge in [0.2, 0.25) is 0 Å². The van der Waals surface area contributed by atoms with Crippen LogP contribution in [0.3, 0.4) is 0 Å². The fraction of sp³-hybridized carbons (Fsp3) is 0.625. The average Bonchev–Trinajstić information content (AvgIpc) is 2.56. The van der Waals surface area contributed by atoms with Gasteiger partial charge in [0, 0.05) is 12.7 Å². The molecule has 0 aliphatic carbocycles. The predicted octanol–water partition coefficient (Wildman–Crippen LogP) is 0.898. The lowest BCUT2D eigenvalue weighted by atomic mass is 10.3. The first-order valence-electron chi connectivity index (χ1n) is 7.80. The third-order valence-electron chi connectivity index (χ3n) is 2.56. The Morgan fingerprint density at radius 1 is 0.880 bits per heavy atom. The van der Waals surface area contributed by atoms with Gasteiger partial charge in [-0.2, -0.15) is 0 Å². The normalized spacial score (nSPS) is 11.1. The van der Waals surface area contributed by atoms with Crippen LogP contribution in [0.4, 0.5) is 0 Å². The van der Waals surface area contributed by atoms with Crippen LogP contribution in [0.1, 0.15) is 33.1 Å². The van der Waals surface area contributed by atoms with Gasteiger partial charge >= 0.3 is 23.9 Å². The Kier molecular flexibility index (Phi) is 12.6. The van der Waals surface area contributed by atoms with Gasteiger partial charge in [-0.1, -0.05) is 6.58 Å². The second-order valence-corrected chi connectivity index (χ2v) is 4.58. The molecule has 0 fully saturated rings. The Labute approximate surface area is 146 Å². The van der Waals surface area contributed by atoms with Crippen LogP contribution in [0.5, 0.6) is 0 Å². The fourth-order valence-electron chi connectivity index (χ4n) is 1.47. The van der Waals surface area contributed by atoms with Crippen LogP contribution in [-0.2, 0) is 42.9 Å². The fourth-order valence-corrected chi connectivity index (χ4v) is 1.47. The van der Waals surface area contributed by atoms with Gasteiger partial charge < -0.3 is 23.7 Å². The Hall–Kier alpha value is -2.42. The van der Waals surface area contributed by atoms with Crippen molar-refractivity contribution in [3.8, 4) is 0 Å². The van der Waals surface area contributed by atoms with Crippen molar-refractivity contribution in [3.05, 3.63) is 12.7 Å². The zero-order chi connectivity index (χ0) is 19.1. The van der Waals surface area contributed by atoms with Crippen molar-refractivity contribution in [2.45, 2.75) is 39.4 Å². The maximum Gasteiger partial charge on any atom is 0.330 e. The minimum absolute atomic E-state index is 0.0939. The molecule has 0 aliphatic heterocycles. The molecule has 25 heavy (non-hydrogen) atoms. The van der Waals surface area contributed by atoms with Crippen LogP contribution in [-0.4, -0.2) is 56.6 Å². The molecule has 1 unspecified atom stereocenters. The first-order chi connectivity index (χ1) is 11.9. The van der Waals surface area contributed by atoms with Crippen LogP contribution >= 0.6 is 0 Å². The summed E-state index contributed by atoms with van der Waals surface area (Å²) in [7, 11) is 0. The standard InChI is InChI=1S/C16H24O9/c1-4-13(17)23-10-11-24-15(19)7-6-14(18)22-9-8-16(20)25-12(3)21-5-2/h4,12H,1,5-11H2,2-3H3. The summed E-state index contributed by atoms with van der Waals surface area (Å²) in [4.78, 5) is 44.9. The lowest BCUT2D eigenvalue weighted by Gasteiger charge is -2.12. The van der Waals surface area contributed by atoms with Crippen molar-refractivity contribution in [3.63, 3.8) is 0 Å². The highest BCUT2D eigenvalue weighted by Gasteiger charge is 2.12. The topological polar surface area (TPSA) is 114 Å². The van der Waals surface area contributed by atoms with E-state index in [9.17, 15) is 19.2 Å². The average molecular weight is 360 g/mol. The van der Waals surface area contributed by atoms with Gasteiger partial charge in [0.25, 0.3) is 0 Å². The summed E-state index contributed by atoms with van der Waals surface area (Å²) in [5.74, 6) is -2.44. The van der Waals surface area contributed by atoms with E-state index in [-0.39, 0.29) is 39.1 Å². The van der Waals surface area contributed by atoms with Gasteiger partial charge in [-0.25, -0.2) is 4.79 Å².